The number of hydrogen-bond acceptors (Lipinski definition) is 2. The van der Waals surface area contributed by atoms with Crippen molar-refractivity contribution in [2.75, 3.05) is 30.4 Å². The molecule has 0 spiro atoms. The average molecular weight is 208 g/mol. The molecule has 0 unspecified atom stereocenters. The largest absolute Gasteiger partial charge is 0.363 e. The minimum Gasteiger partial charge on any atom is -0.363 e. The number of benzene rings is 1. The first kappa shape index (κ1) is 9.96. The van der Waals surface area contributed by atoms with Crippen LogP contribution in [0.2, 0.25) is 0 Å². The summed E-state index contributed by atoms with van der Waals surface area (Å²) in [5, 5.41) is 0. The maximum Gasteiger partial charge on any atom is 0.246 e. The van der Waals surface area contributed by atoms with Crippen LogP contribution < -0.4 is 9.80 Å². The van der Waals surface area contributed by atoms with Gasteiger partial charge in [0.15, 0.2) is 0 Å². The Kier molecular flexibility index (Phi) is 2.14. The number of fused-ring (bicyclic) bond motifs is 1. The van der Waals surface area contributed by atoms with Crippen molar-refractivity contribution in [3.8, 4) is 0 Å². The molecule has 4 heteroatoms. The first-order valence-corrected chi connectivity index (χ1v) is 4.78. The number of rotatable bonds is 0. The number of amides is 1. The van der Waals surface area contributed by atoms with Gasteiger partial charge in [-0.25, -0.2) is 4.39 Å². The maximum absolute atomic E-state index is 13.4. The van der Waals surface area contributed by atoms with Crippen molar-refractivity contribution in [1.82, 2.24) is 0 Å². The van der Waals surface area contributed by atoms with Gasteiger partial charge in [-0.1, -0.05) is 0 Å². The zero-order valence-corrected chi connectivity index (χ0v) is 9.04. The van der Waals surface area contributed by atoms with Gasteiger partial charge >= 0.3 is 0 Å². The second-order valence-corrected chi connectivity index (χ2v) is 3.90. The van der Waals surface area contributed by atoms with Gasteiger partial charge in [-0.05, 0) is 24.6 Å². The van der Waals surface area contributed by atoms with Crippen LogP contribution in [0, 0.1) is 12.7 Å². The number of halogens is 1. The molecule has 0 N–H and O–H groups in total. The Morgan fingerprint density at radius 2 is 1.93 bits per heavy atom. The molecule has 1 heterocycles. The van der Waals surface area contributed by atoms with Gasteiger partial charge in [0.25, 0.3) is 0 Å². The normalized spacial score (nSPS) is 15.6. The summed E-state index contributed by atoms with van der Waals surface area (Å²) in [6, 6.07) is 3.19. The Morgan fingerprint density at radius 1 is 1.27 bits per heavy atom. The molecule has 0 saturated heterocycles. The first-order valence-electron chi connectivity index (χ1n) is 4.78. The molecular weight excluding hydrogens is 195 g/mol. The summed E-state index contributed by atoms with van der Waals surface area (Å²) >= 11 is 0. The van der Waals surface area contributed by atoms with E-state index >= 15 is 0 Å². The Bertz CT molecular complexity index is 431. The third-order valence-corrected chi connectivity index (χ3v) is 2.77. The van der Waals surface area contributed by atoms with Gasteiger partial charge < -0.3 is 9.80 Å². The molecule has 1 amide bonds. The Labute approximate surface area is 88.1 Å². The maximum atomic E-state index is 13.4. The summed E-state index contributed by atoms with van der Waals surface area (Å²) in [6.45, 7) is 1.99. The van der Waals surface area contributed by atoms with Crippen molar-refractivity contribution >= 4 is 17.3 Å². The third kappa shape index (κ3) is 1.46. The van der Waals surface area contributed by atoms with Crippen LogP contribution in [0.15, 0.2) is 12.1 Å². The Morgan fingerprint density at radius 3 is 2.60 bits per heavy atom. The molecule has 0 fully saturated rings. The van der Waals surface area contributed by atoms with E-state index in [1.165, 1.54) is 6.07 Å². The van der Waals surface area contributed by atoms with Gasteiger partial charge in [0, 0.05) is 14.1 Å². The molecule has 3 nitrogen and oxygen atoms in total. The molecule has 80 valence electrons. The summed E-state index contributed by atoms with van der Waals surface area (Å²) in [4.78, 5) is 14.9. The molecule has 2 rings (SSSR count). The fourth-order valence-electron chi connectivity index (χ4n) is 1.76. The smallest absolute Gasteiger partial charge is 0.246 e. The lowest BCUT2D eigenvalue weighted by Crippen LogP contribution is -2.42. The van der Waals surface area contributed by atoms with Gasteiger partial charge in [0.05, 0.1) is 17.9 Å². The van der Waals surface area contributed by atoms with Gasteiger partial charge in [-0.2, -0.15) is 0 Å². The van der Waals surface area contributed by atoms with Crippen LogP contribution in [0.1, 0.15) is 5.56 Å². The first-order chi connectivity index (χ1) is 7.00. The van der Waals surface area contributed by atoms with Crippen molar-refractivity contribution in [2.45, 2.75) is 6.92 Å². The van der Waals surface area contributed by atoms with Crippen molar-refractivity contribution in [3.05, 3.63) is 23.5 Å². The zero-order chi connectivity index (χ0) is 11.2. The molecule has 1 aliphatic heterocycles. The lowest BCUT2D eigenvalue weighted by atomic mass is 10.1. The fraction of sp³-hybridized carbons (Fsp3) is 0.364. The van der Waals surface area contributed by atoms with Crippen LogP contribution in [0.3, 0.4) is 0 Å². The lowest BCUT2D eigenvalue weighted by molar-refractivity contribution is -0.117. The summed E-state index contributed by atoms with van der Waals surface area (Å²) in [5.41, 5.74) is 2.09. The van der Waals surface area contributed by atoms with E-state index in [2.05, 4.69) is 0 Å². The highest BCUT2D eigenvalue weighted by atomic mass is 19.1. The molecule has 0 bridgehead atoms. The van der Waals surface area contributed by atoms with Crippen LogP contribution in [0.4, 0.5) is 15.8 Å². The lowest BCUT2D eigenvalue weighted by Gasteiger charge is -2.33. The van der Waals surface area contributed by atoms with Crippen LogP contribution in [-0.4, -0.2) is 26.5 Å². The predicted molar refractivity (Wildman–Crippen MR) is 57.8 cm³/mol. The topological polar surface area (TPSA) is 23.6 Å². The van der Waals surface area contributed by atoms with E-state index in [-0.39, 0.29) is 11.7 Å². The minimum absolute atomic E-state index is 0.0241. The van der Waals surface area contributed by atoms with Gasteiger partial charge in [-0.15, -0.1) is 0 Å². The number of carbonyl (C=O) groups excluding carboxylic acids is 1. The highest BCUT2D eigenvalue weighted by Crippen LogP contribution is 2.33. The molecule has 15 heavy (non-hydrogen) atoms. The molecule has 0 aliphatic carbocycles. The molecule has 0 saturated carbocycles. The summed E-state index contributed by atoms with van der Waals surface area (Å²) in [6.07, 6.45) is 0. The highest BCUT2D eigenvalue weighted by Gasteiger charge is 2.25. The number of hydrogen-bond donors (Lipinski definition) is 0. The number of carbonyl (C=O) groups is 1. The van der Waals surface area contributed by atoms with Gasteiger partial charge in [0.2, 0.25) is 5.91 Å². The van der Waals surface area contributed by atoms with E-state index < -0.39 is 0 Å². The molecule has 0 radical (unpaired) electrons. The van der Waals surface area contributed by atoms with E-state index in [0.717, 1.165) is 11.4 Å². The van der Waals surface area contributed by atoms with E-state index in [1.807, 2.05) is 0 Å². The average Bonchev–Trinajstić information content (AvgIpc) is 2.18. The van der Waals surface area contributed by atoms with E-state index in [4.69, 9.17) is 0 Å². The van der Waals surface area contributed by atoms with E-state index in [1.54, 1.807) is 36.9 Å². The quantitative estimate of drug-likeness (QED) is 0.645. The van der Waals surface area contributed by atoms with Crippen molar-refractivity contribution in [3.63, 3.8) is 0 Å². The van der Waals surface area contributed by atoms with Crippen molar-refractivity contribution in [2.24, 2.45) is 0 Å². The molecular formula is C11H13FN2O. The second kappa shape index (κ2) is 3.22. The van der Waals surface area contributed by atoms with E-state index in [9.17, 15) is 9.18 Å². The minimum atomic E-state index is -0.233. The second-order valence-electron chi connectivity index (χ2n) is 3.90. The SMILES string of the molecule is Cc1cc2c(cc1F)N(C)CC(=O)N2C. The number of likely N-dealkylation sites (N-methyl/N-ethyl adjacent to an activating group) is 2. The zero-order valence-electron chi connectivity index (χ0n) is 9.04. The number of nitrogens with zero attached hydrogens (tertiary/aromatic N) is 2. The molecule has 1 aromatic carbocycles. The molecule has 1 aromatic rings. The monoisotopic (exact) mass is 208 g/mol. The van der Waals surface area contributed by atoms with Crippen molar-refractivity contribution in [1.29, 1.82) is 0 Å². The van der Waals surface area contributed by atoms with Crippen LogP contribution >= 0.6 is 0 Å². The molecule has 1 aliphatic rings. The Hall–Kier alpha value is -1.58. The van der Waals surface area contributed by atoms with Gasteiger partial charge in [-0.3, -0.25) is 4.79 Å². The molecule has 0 atom stereocenters. The van der Waals surface area contributed by atoms with Crippen molar-refractivity contribution < 1.29 is 9.18 Å². The highest BCUT2D eigenvalue weighted by molar-refractivity contribution is 6.02. The number of aryl methyl sites for hydroxylation is 1. The van der Waals surface area contributed by atoms with Gasteiger partial charge in [0.1, 0.15) is 5.82 Å². The summed E-state index contributed by atoms with van der Waals surface area (Å²) < 4.78 is 13.4. The predicted octanol–water partition coefficient (Wildman–Crippen LogP) is 1.55. The summed E-state index contributed by atoms with van der Waals surface area (Å²) in [5.74, 6) is -0.209. The standard InChI is InChI=1S/C11H13FN2O/c1-7-4-10-9(5-8(7)12)13(2)6-11(15)14(10)3/h4-5H,6H2,1-3H3. The van der Waals surface area contributed by atoms with E-state index in [0.29, 0.717) is 12.1 Å². The Balaban J connectivity index is 2.61. The fourth-order valence-corrected chi connectivity index (χ4v) is 1.76. The summed E-state index contributed by atoms with van der Waals surface area (Å²) in [7, 11) is 3.50. The third-order valence-electron chi connectivity index (χ3n) is 2.77. The number of anilines is 2. The van der Waals surface area contributed by atoms with Crippen LogP contribution in [-0.2, 0) is 4.79 Å². The molecule has 0 aromatic heterocycles. The van der Waals surface area contributed by atoms with Crippen LogP contribution in [0.5, 0.6) is 0 Å². The van der Waals surface area contributed by atoms with Crippen LogP contribution in [0.25, 0.3) is 0 Å².